The zero-order valence-electron chi connectivity index (χ0n) is 16.2. The molecule has 0 saturated carbocycles. The van der Waals surface area contributed by atoms with Crippen molar-refractivity contribution in [2.45, 2.75) is 43.0 Å². The normalized spacial score (nSPS) is 16.9. The van der Waals surface area contributed by atoms with E-state index in [4.69, 9.17) is 0 Å². The van der Waals surface area contributed by atoms with E-state index in [0.29, 0.717) is 30.1 Å². The number of likely N-dealkylation sites (tertiary alicyclic amines) is 1. The molecule has 28 heavy (non-hydrogen) atoms. The highest BCUT2D eigenvalue weighted by Crippen LogP contribution is 2.23. The van der Waals surface area contributed by atoms with E-state index in [-0.39, 0.29) is 24.0 Å². The Morgan fingerprint density at radius 3 is 2.36 bits per heavy atom. The van der Waals surface area contributed by atoms with Crippen LogP contribution in [0, 0.1) is 5.92 Å². The maximum Gasteiger partial charge on any atom is 0.317 e. The molecule has 6 nitrogen and oxygen atoms in total. The summed E-state index contributed by atoms with van der Waals surface area (Å²) in [6, 6.07) is 13.0. The molecule has 1 aliphatic rings. The number of carbonyl (C=O) groups is 1. The average Bonchev–Trinajstić information content (AvgIpc) is 3.22. The standard InChI is InChI=1S/C20H27N3O3S2/c1-15(2)19(16-7-4-3-5-8-16)21-20(24)23-12-10-17(11-13-23)22-28(25,26)18-9-6-14-27-18/h3-9,14-15,17,19,22H,10-13H2,1-2H3,(H,21,24)/t19-/m1/s1. The predicted octanol–water partition coefficient (Wildman–Crippen LogP) is 3.60. The number of sulfonamides is 1. The van der Waals surface area contributed by atoms with Crippen LogP contribution >= 0.6 is 11.3 Å². The first-order valence-corrected chi connectivity index (χ1v) is 11.9. The number of urea groups is 1. The van der Waals surface area contributed by atoms with Gasteiger partial charge in [0, 0.05) is 19.1 Å². The Morgan fingerprint density at radius 1 is 1.11 bits per heavy atom. The molecule has 1 aromatic carbocycles. The first kappa shape index (κ1) is 20.8. The maximum atomic E-state index is 12.7. The van der Waals surface area contributed by atoms with Crippen LogP contribution in [0.4, 0.5) is 4.79 Å². The topological polar surface area (TPSA) is 78.5 Å². The summed E-state index contributed by atoms with van der Waals surface area (Å²) in [5.74, 6) is 0.265. The van der Waals surface area contributed by atoms with Gasteiger partial charge in [0.2, 0.25) is 10.0 Å². The number of nitrogens with one attached hydrogen (secondary N) is 2. The van der Waals surface area contributed by atoms with Gasteiger partial charge in [-0.05, 0) is 35.8 Å². The van der Waals surface area contributed by atoms with Gasteiger partial charge in [0.1, 0.15) is 4.21 Å². The lowest BCUT2D eigenvalue weighted by molar-refractivity contribution is 0.173. The van der Waals surface area contributed by atoms with Crippen LogP contribution < -0.4 is 10.0 Å². The molecule has 0 unspecified atom stereocenters. The smallest absolute Gasteiger partial charge is 0.317 e. The van der Waals surface area contributed by atoms with Crippen LogP contribution in [0.15, 0.2) is 52.1 Å². The quantitative estimate of drug-likeness (QED) is 0.748. The second kappa shape index (κ2) is 9.07. The lowest BCUT2D eigenvalue weighted by atomic mass is 9.96. The molecule has 1 fully saturated rings. The molecule has 2 amide bonds. The first-order chi connectivity index (χ1) is 13.4. The van der Waals surface area contributed by atoms with Crippen molar-refractivity contribution in [3.8, 4) is 0 Å². The van der Waals surface area contributed by atoms with Gasteiger partial charge in [0.25, 0.3) is 0 Å². The van der Waals surface area contributed by atoms with Crippen molar-refractivity contribution >= 4 is 27.4 Å². The zero-order chi connectivity index (χ0) is 20.1. The Labute approximate surface area is 171 Å². The number of hydrogen-bond acceptors (Lipinski definition) is 4. The van der Waals surface area contributed by atoms with E-state index in [1.807, 2.05) is 30.3 Å². The summed E-state index contributed by atoms with van der Waals surface area (Å²) in [6.07, 6.45) is 1.21. The lowest BCUT2D eigenvalue weighted by Gasteiger charge is -2.34. The van der Waals surface area contributed by atoms with Gasteiger partial charge in [-0.3, -0.25) is 0 Å². The van der Waals surface area contributed by atoms with Crippen LogP contribution in [0.2, 0.25) is 0 Å². The van der Waals surface area contributed by atoms with E-state index >= 15 is 0 Å². The largest absolute Gasteiger partial charge is 0.331 e. The molecule has 1 aromatic heterocycles. The molecule has 0 spiro atoms. The van der Waals surface area contributed by atoms with E-state index in [9.17, 15) is 13.2 Å². The van der Waals surface area contributed by atoms with Crippen molar-refractivity contribution in [2.24, 2.45) is 5.92 Å². The van der Waals surface area contributed by atoms with Crippen LogP contribution in [0.25, 0.3) is 0 Å². The summed E-state index contributed by atoms with van der Waals surface area (Å²) in [4.78, 5) is 14.5. The number of hydrogen-bond donors (Lipinski definition) is 2. The van der Waals surface area contributed by atoms with Crippen molar-refractivity contribution in [3.63, 3.8) is 0 Å². The van der Waals surface area contributed by atoms with Crippen LogP contribution in [-0.2, 0) is 10.0 Å². The van der Waals surface area contributed by atoms with Crippen molar-refractivity contribution in [3.05, 3.63) is 53.4 Å². The lowest BCUT2D eigenvalue weighted by Crippen LogP contribution is -2.50. The fraction of sp³-hybridized carbons (Fsp3) is 0.450. The monoisotopic (exact) mass is 421 g/mol. The van der Waals surface area contributed by atoms with Gasteiger partial charge < -0.3 is 10.2 Å². The van der Waals surface area contributed by atoms with Gasteiger partial charge in [0.05, 0.1) is 6.04 Å². The number of piperidine rings is 1. The summed E-state index contributed by atoms with van der Waals surface area (Å²) in [7, 11) is -3.47. The highest BCUT2D eigenvalue weighted by atomic mass is 32.2. The molecule has 1 aliphatic heterocycles. The number of carbonyl (C=O) groups excluding carboxylic acids is 1. The van der Waals surface area contributed by atoms with Crippen molar-refractivity contribution in [2.75, 3.05) is 13.1 Å². The summed E-state index contributed by atoms with van der Waals surface area (Å²) >= 11 is 1.21. The van der Waals surface area contributed by atoms with Gasteiger partial charge in [-0.2, -0.15) is 0 Å². The minimum absolute atomic E-state index is 0.0521. The number of thiophene rings is 1. The van der Waals surface area contributed by atoms with Crippen molar-refractivity contribution < 1.29 is 13.2 Å². The van der Waals surface area contributed by atoms with Crippen LogP contribution in [0.3, 0.4) is 0 Å². The van der Waals surface area contributed by atoms with Gasteiger partial charge in [-0.1, -0.05) is 50.2 Å². The third-order valence-electron chi connectivity index (χ3n) is 4.97. The summed E-state index contributed by atoms with van der Waals surface area (Å²) < 4.78 is 27.8. The molecule has 1 atom stereocenters. The minimum atomic E-state index is -3.47. The van der Waals surface area contributed by atoms with E-state index < -0.39 is 10.0 Å². The zero-order valence-corrected chi connectivity index (χ0v) is 17.8. The second-order valence-corrected chi connectivity index (χ2v) is 10.3. The predicted molar refractivity (Wildman–Crippen MR) is 112 cm³/mol. The summed E-state index contributed by atoms with van der Waals surface area (Å²) in [6.45, 7) is 5.24. The SMILES string of the molecule is CC(C)[C@@H](NC(=O)N1CCC(NS(=O)(=O)c2cccs2)CC1)c1ccccc1. The number of amides is 2. The summed E-state index contributed by atoms with van der Waals surface area (Å²) in [5.41, 5.74) is 1.09. The van der Waals surface area contributed by atoms with E-state index in [1.165, 1.54) is 11.3 Å². The molecule has 3 rings (SSSR count). The Balaban J connectivity index is 1.55. The van der Waals surface area contributed by atoms with E-state index in [1.54, 1.807) is 22.4 Å². The molecule has 2 aromatic rings. The average molecular weight is 422 g/mol. The first-order valence-electron chi connectivity index (χ1n) is 9.53. The highest BCUT2D eigenvalue weighted by molar-refractivity contribution is 7.91. The maximum absolute atomic E-state index is 12.7. The fourth-order valence-electron chi connectivity index (χ4n) is 3.41. The van der Waals surface area contributed by atoms with Crippen molar-refractivity contribution in [1.29, 1.82) is 0 Å². The number of rotatable bonds is 6. The fourth-order valence-corrected chi connectivity index (χ4v) is 5.73. The molecule has 152 valence electrons. The van der Waals surface area contributed by atoms with Crippen LogP contribution in [-0.4, -0.2) is 38.5 Å². The Bertz CT molecular complexity index is 859. The molecule has 0 radical (unpaired) electrons. The van der Waals surface area contributed by atoms with Gasteiger partial charge in [0.15, 0.2) is 0 Å². The summed E-state index contributed by atoms with van der Waals surface area (Å²) in [5, 5.41) is 4.89. The second-order valence-electron chi connectivity index (χ2n) is 7.40. The third-order valence-corrected chi connectivity index (χ3v) is 7.89. The Hall–Kier alpha value is -1.90. The van der Waals surface area contributed by atoms with E-state index in [2.05, 4.69) is 23.9 Å². The molecular formula is C20H27N3O3S2. The minimum Gasteiger partial charge on any atom is -0.331 e. The molecule has 0 aliphatic carbocycles. The van der Waals surface area contributed by atoms with E-state index in [0.717, 1.165) is 5.56 Å². The molecule has 2 heterocycles. The van der Waals surface area contributed by atoms with Gasteiger partial charge in [-0.25, -0.2) is 17.9 Å². The Kier molecular flexibility index (Phi) is 6.74. The number of benzene rings is 1. The van der Waals surface area contributed by atoms with Gasteiger partial charge >= 0.3 is 6.03 Å². The third kappa shape index (κ3) is 5.12. The molecule has 2 N–H and O–H groups in total. The molecule has 1 saturated heterocycles. The molecule has 8 heteroatoms. The van der Waals surface area contributed by atoms with Crippen LogP contribution in [0.5, 0.6) is 0 Å². The number of nitrogens with zero attached hydrogens (tertiary/aromatic N) is 1. The van der Waals surface area contributed by atoms with Crippen LogP contribution in [0.1, 0.15) is 38.3 Å². The molecule has 0 bridgehead atoms. The highest BCUT2D eigenvalue weighted by Gasteiger charge is 2.28. The van der Waals surface area contributed by atoms with Gasteiger partial charge in [-0.15, -0.1) is 11.3 Å². The molecular weight excluding hydrogens is 394 g/mol. The Morgan fingerprint density at radius 2 is 1.79 bits per heavy atom. The van der Waals surface area contributed by atoms with Crippen molar-refractivity contribution in [1.82, 2.24) is 14.9 Å².